The Morgan fingerprint density at radius 3 is 2.42 bits per heavy atom. The predicted octanol–water partition coefficient (Wildman–Crippen LogP) is 3.95. The van der Waals surface area contributed by atoms with E-state index in [1.54, 1.807) is 36.4 Å². The largest absolute Gasteiger partial charge is 0.449 e. The van der Waals surface area contributed by atoms with E-state index in [0.29, 0.717) is 5.39 Å². The Labute approximate surface area is 107 Å². The van der Waals surface area contributed by atoms with Crippen molar-refractivity contribution in [1.29, 1.82) is 0 Å². The van der Waals surface area contributed by atoms with Crippen LogP contribution in [0.25, 0.3) is 10.8 Å². The highest BCUT2D eigenvalue weighted by Gasteiger charge is 2.39. The lowest BCUT2D eigenvalue weighted by molar-refractivity contribution is -0.198. The molecule has 2 nitrogen and oxygen atoms in total. The van der Waals surface area contributed by atoms with Crippen molar-refractivity contribution in [1.82, 2.24) is 0 Å². The van der Waals surface area contributed by atoms with E-state index in [2.05, 4.69) is 4.74 Å². The van der Waals surface area contributed by atoms with Gasteiger partial charge in [-0.05, 0) is 23.8 Å². The molecule has 19 heavy (non-hydrogen) atoms. The maximum absolute atomic E-state index is 12.4. The van der Waals surface area contributed by atoms with Crippen LogP contribution < -0.4 is 0 Å². The van der Waals surface area contributed by atoms with E-state index < -0.39 is 18.2 Å². The number of ether oxygens (including phenoxy) is 1. The van der Waals surface area contributed by atoms with Crippen LogP contribution in [0.2, 0.25) is 0 Å². The van der Waals surface area contributed by atoms with Gasteiger partial charge in [0.05, 0.1) is 5.56 Å². The summed E-state index contributed by atoms with van der Waals surface area (Å²) in [7, 11) is 0. The average molecular weight is 268 g/mol. The maximum atomic E-state index is 12.4. The molecular weight excluding hydrogens is 257 g/mol. The molecule has 1 unspecified atom stereocenters. The second-order valence-electron chi connectivity index (χ2n) is 4.12. The van der Waals surface area contributed by atoms with Gasteiger partial charge in [-0.1, -0.05) is 36.4 Å². The van der Waals surface area contributed by atoms with Crippen molar-refractivity contribution >= 4 is 16.7 Å². The predicted molar refractivity (Wildman–Crippen MR) is 64.9 cm³/mol. The molecular formula is C14H11F3O2. The van der Waals surface area contributed by atoms with Gasteiger partial charge in [0.25, 0.3) is 0 Å². The van der Waals surface area contributed by atoms with Gasteiger partial charge in [0.15, 0.2) is 6.10 Å². The Bertz CT molecular complexity index is 600. The van der Waals surface area contributed by atoms with Crippen LogP contribution >= 0.6 is 0 Å². The molecule has 0 aliphatic heterocycles. The molecule has 100 valence electrons. The third kappa shape index (κ3) is 2.86. The van der Waals surface area contributed by atoms with Crippen molar-refractivity contribution in [3.63, 3.8) is 0 Å². The standard InChI is InChI=1S/C14H11F3O2/c1-9(14(15,16)17)19-13(18)12-8-4-6-10-5-2-3-7-11(10)12/h2-9H,1H3. The third-order valence-corrected chi connectivity index (χ3v) is 2.75. The molecule has 0 bridgehead atoms. The van der Waals surface area contributed by atoms with Gasteiger partial charge in [-0.2, -0.15) is 13.2 Å². The molecule has 0 aliphatic rings. The van der Waals surface area contributed by atoms with Crippen molar-refractivity contribution in [3.05, 3.63) is 48.0 Å². The van der Waals surface area contributed by atoms with Crippen LogP contribution in [0.3, 0.4) is 0 Å². The van der Waals surface area contributed by atoms with E-state index in [0.717, 1.165) is 12.3 Å². The van der Waals surface area contributed by atoms with Crippen LogP contribution in [-0.2, 0) is 4.74 Å². The molecule has 0 spiro atoms. The molecule has 0 fully saturated rings. The van der Waals surface area contributed by atoms with Crippen LogP contribution in [0.5, 0.6) is 0 Å². The number of carbonyl (C=O) groups is 1. The monoisotopic (exact) mass is 268 g/mol. The number of rotatable bonds is 2. The molecule has 0 radical (unpaired) electrons. The smallest absolute Gasteiger partial charge is 0.425 e. The number of alkyl halides is 3. The summed E-state index contributed by atoms with van der Waals surface area (Å²) in [5, 5.41) is 1.35. The van der Waals surface area contributed by atoms with E-state index in [4.69, 9.17) is 0 Å². The summed E-state index contributed by atoms with van der Waals surface area (Å²) < 4.78 is 41.5. The first-order valence-corrected chi connectivity index (χ1v) is 5.65. The average Bonchev–Trinajstić information content (AvgIpc) is 2.36. The molecule has 0 amide bonds. The molecule has 2 aromatic rings. The van der Waals surface area contributed by atoms with Crippen LogP contribution in [-0.4, -0.2) is 18.2 Å². The quantitative estimate of drug-likeness (QED) is 0.771. The van der Waals surface area contributed by atoms with Crippen LogP contribution in [0, 0.1) is 0 Å². The fraction of sp³-hybridized carbons (Fsp3) is 0.214. The highest BCUT2D eigenvalue weighted by Crippen LogP contribution is 2.25. The van der Waals surface area contributed by atoms with Gasteiger partial charge in [0, 0.05) is 0 Å². The Balaban J connectivity index is 2.32. The second kappa shape index (κ2) is 4.91. The molecule has 2 rings (SSSR count). The van der Waals surface area contributed by atoms with Crippen molar-refractivity contribution in [3.8, 4) is 0 Å². The molecule has 0 saturated heterocycles. The van der Waals surface area contributed by atoms with E-state index in [9.17, 15) is 18.0 Å². The SMILES string of the molecule is CC(OC(=O)c1cccc2ccccc12)C(F)(F)F. The normalized spacial score (nSPS) is 13.3. The summed E-state index contributed by atoms with van der Waals surface area (Å²) in [5.74, 6) is -0.971. The Morgan fingerprint density at radius 2 is 1.74 bits per heavy atom. The summed E-state index contributed by atoms with van der Waals surface area (Å²) in [6.45, 7) is 0.809. The van der Waals surface area contributed by atoms with Gasteiger partial charge >= 0.3 is 12.1 Å². The lowest BCUT2D eigenvalue weighted by Gasteiger charge is -2.16. The maximum Gasteiger partial charge on any atom is 0.425 e. The minimum absolute atomic E-state index is 0.134. The second-order valence-corrected chi connectivity index (χ2v) is 4.12. The van der Waals surface area contributed by atoms with Crippen molar-refractivity contribution in [2.45, 2.75) is 19.2 Å². The van der Waals surface area contributed by atoms with E-state index >= 15 is 0 Å². The van der Waals surface area contributed by atoms with E-state index in [1.165, 1.54) is 6.07 Å². The lowest BCUT2D eigenvalue weighted by Crippen LogP contribution is -2.30. The van der Waals surface area contributed by atoms with E-state index in [-0.39, 0.29) is 5.56 Å². The Kier molecular flexibility index (Phi) is 3.46. The van der Waals surface area contributed by atoms with Crippen LogP contribution in [0.1, 0.15) is 17.3 Å². The van der Waals surface area contributed by atoms with Crippen molar-refractivity contribution in [2.24, 2.45) is 0 Å². The number of benzene rings is 2. The summed E-state index contributed by atoms with van der Waals surface area (Å²) >= 11 is 0. The minimum Gasteiger partial charge on any atom is -0.449 e. The molecule has 0 N–H and O–H groups in total. The third-order valence-electron chi connectivity index (χ3n) is 2.75. The first kappa shape index (κ1) is 13.4. The number of hydrogen-bond acceptors (Lipinski definition) is 2. The van der Waals surface area contributed by atoms with Gasteiger partial charge < -0.3 is 4.74 Å². The molecule has 0 aromatic heterocycles. The Hall–Kier alpha value is -2.04. The van der Waals surface area contributed by atoms with Gasteiger partial charge in [-0.15, -0.1) is 0 Å². The fourth-order valence-electron chi connectivity index (χ4n) is 1.69. The summed E-state index contributed by atoms with van der Waals surface area (Å²) in [5.41, 5.74) is 0.134. The fourth-order valence-corrected chi connectivity index (χ4v) is 1.69. The summed E-state index contributed by atoms with van der Waals surface area (Å²) in [6, 6.07) is 11.8. The zero-order valence-electron chi connectivity index (χ0n) is 10.1. The molecule has 1 atom stereocenters. The summed E-state index contributed by atoms with van der Waals surface area (Å²) in [6.07, 6.45) is -6.68. The highest BCUT2D eigenvalue weighted by atomic mass is 19.4. The number of halogens is 3. The highest BCUT2D eigenvalue weighted by molar-refractivity contribution is 6.04. The van der Waals surface area contributed by atoms with Crippen LogP contribution in [0.4, 0.5) is 13.2 Å². The zero-order valence-corrected chi connectivity index (χ0v) is 10.1. The summed E-state index contributed by atoms with van der Waals surface area (Å²) in [4.78, 5) is 11.8. The van der Waals surface area contributed by atoms with Gasteiger partial charge in [-0.25, -0.2) is 4.79 Å². The molecule has 0 aliphatic carbocycles. The minimum atomic E-state index is -4.56. The van der Waals surface area contributed by atoms with Crippen LogP contribution in [0.15, 0.2) is 42.5 Å². The first-order valence-electron chi connectivity index (χ1n) is 5.65. The Morgan fingerprint density at radius 1 is 1.11 bits per heavy atom. The van der Waals surface area contributed by atoms with Gasteiger partial charge in [0.1, 0.15) is 0 Å². The van der Waals surface area contributed by atoms with Gasteiger partial charge in [0.2, 0.25) is 0 Å². The van der Waals surface area contributed by atoms with Gasteiger partial charge in [-0.3, -0.25) is 0 Å². The van der Waals surface area contributed by atoms with Crippen molar-refractivity contribution < 1.29 is 22.7 Å². The lowest BCUT2D eigenvalue weighted by atomic mass is 10.0. The van der Waals surface area contributed by atoms with E-state index in [1.807, 2.05) is 0 Å². The number of hydrogen-bond donors (Lipinski definition) is 0. The molecule has 0 heterocycles. The topological polar surface area (TPSA) is 26.3 Å². The van der Waals surface area contributed by atoms with Crippen molar-refractivity contribution in [2.75, 3.05) is 0 Å². The number of fused-ring (bicyclic) bond motifs is 1. The number of esters is 1. The zero-order chi connectivity index (χ0) is 14.0. The molecule has 2 aromatic carbocycles. The molecule has 0 saturated carbocycles. The first-order chi connectivity index (χ1) is 8.89. The molecule has 5 heteroatoms. The number of carbonyl (C=O) groups excluding carboxylic acids is 1.